The summed E-state index contributed by atoms with van der Waals surface area (Å²) in [5.41, 5.74) is 1.73. The number of fused-ring (bicyclic) bond motifs is 3. The Hall–Kier alpha value is -2.23. The highest BCUT2D eigenvalue weighted by Gasteiger charge is 2.21. The number of rotatable bonds is 0. The van der Waals surface area contributed by atoms with E-state index in [1.54, 1.807) is 6.20 Å². The molecule has 0 spiro atoms. The molecule has 2 heterocycles. The molecule has 0 aliphatic heterocycles. The molecule has 4 heteroatoms. The monoisotopic (exact) mass is 254 g/mol. The second kappa shape index (κ2) is 3.88. The van der Waals surface area contributed by atoms with Gasteiger partial charge in [0.15, 0.2) is 5.58 Å². The zero-order valence-electron chi connectivity index (χ0n) is 11.1. The van der Waals surface area contributed by atoms with Crippen molar-refractivity contribution in [3.05, 3.63) is 46.7 Å². The van der Waals surface area contributed by atoms with Gasteiger partial charge >= 0.3 is 5.76 Å². The Labute approximate surface area is 110 Å². The highest BCUT2D eigenvalue weighted by atomic mass is 16.4. The second-order valence-electron chi connectivity index (χ2n) is 5.60. The third-order valence-electron chi connectivity index (χ3n) is 3.09. The molecule has 4 nitrogen and oxygen atoms in total. The molecular formula is C15H14N2O2. The van der Waals surface area contributed by atoms with Gasteiger partial charge in [-0.05, 0) is 12.1 Å². The predicted molar refractivity (Wildman–Crippen MR) is 74.3 cm³/mol. The van der Waals surface area contributed by atoms with E-state index < -0.39 is 5.76 Å². The number of hydrogen-bond donors (Lipinski definition) is 0. The summed E-state index contributed by atoms with van der Waals surface area (Å²) < 4.78 is 5.28. The summed E-state index contributed by atoms with van der Waals surface area (Å²) in [5, 5.41) is 1.79. The van der Waals surface area contributed by atoms with E-state index in [1.165, 1.54) is 0 Å². The summed E-state index contributed by atoms with van der Waals surface area (Å²) in [4.78, 5) is 20.0. The molecule has 0 aliphatic carbocycles. The maximum Gasteiger partial charge on any atom is 0.439 e. The maximum atomic E-state index is 11.7. The van der Waals surface area contributed by atoms with E-state index in [2.05, 4.69) is 9.97 Å². The van der Waals surface area contributed by atoms with Crippen LogP contribution < -0.4 is 5.76 Å². The van der Waals surface area contributed by atoms with Crippen molar-refractivity contribution in [1.82, 2.24) is 9.97 Å². The highest BCUT2D eigenvalue weighted by molar-refractivity contribution is 6.02. The van der Waals surface area contributed by atoms with Gasteiger partial charge in [0, 0.05) is 22.4 Å². The van der Waals surface area contributed by atoms with Gasteiger partial charge < -0.3 is 4.42 Å². The van der Waals surface area contributed by atoms with E-state index in [1.807, 2.05) is 45.0 Å². The standard InChI is InChI=1S/C15H14N2O2/c1-15(2,3)13-10-7-6-9-5-4-8-16-11(9)12(10)19-14(18)17-13/h4-8H,1-3H3. The van der Waals surface area contributed by atoms with Crippen molar-refractivity contribution in [2.45, 2.75) is 26.2 Å². The minimum absolute atomic E-state index is 0.226. The van der Waals surface area contributed by atoms with Gasteiger partial charge in [0.1, 0.15) is 5.52 Å². The molecule has 0 aliphatic rings. The van der Waals surface area contributed by atoms with E-state index in [-0.39, 0.29) is 5.41 Å². The average molecular weight is 254 g/mol. The van der Waals surface area contributed by atoms with Crippen LogP contribution in [0.5, 0.6) is 0 Å². The molecule has 0 N–H and O–H groups in total. The summed E-state index contributed by atoms with van der Waals surface area (Å²) in [6.45, 7) is 6.07. The van der Waals surface area contributed by atoms with E-state index in [4.69, 9.17) is 4.42 Å². The summed E-state index contributed by atoms with van der Waals surface area (Å²) in [6, 6.07) is 7.72. The summed E-state index contributed by atoms with van der Waals surface area (Å²) in [5.74, 6) is -0.574. The molecule has 3 rings (SSSR count). The lowest BCUT2D eigenvalue weighted by atomic mass is 9.89. The summed E-state index contributed by atoms with van der Waals surface area (Å²) in [6.07, 6.45) is 1.69. The molecule has 0 atom stereocenters. The molecule has 0 unspecified atom stereocenters. The van der Waals surface area contributed by atoms with Gasteiger partial charge in [0.25, 0.3) is 0 Å². The van der Waals surface area contributed by atoms with Crippen LogP contribution in [0.2, 0.25) is 0 Å². The van der Waals surface area contributed by atoms with Gasteiger partial charge in [0.05, 0.1) is 5.69 Å². The van der Waals surface area contributed by atoms with Crippen molar-refractivity contribution in [2.75, 3.05) is 0 Å². The number of hydrogen-bond acceptors (Lipinski definition) is 4. The Morgan fingerprint density at radius 3 is 2.68 bits per heavy atom. The fraction of sp³-hybridized carbons (Fsp3) is 0.267. The zero-order valence-corrected chi connectivity index (χ0v) is 11.1. The molecule has 2 aromatic heterocycles. The van der Waals surface area contributed by atoms with Gasteiger partial charge in [-0.2, -0.15) is 4.98 Å². The molecule has 3 aromatic rings. The zero-order chi connectivity index (χ0) is 13.6. The third kappa shape index (κ3) is 1.89. The molecular weight excluding hydrogens is 240 g/mol. The quantitative estimate of drug-likeness (QED) is 0.578. The number of aromatic nitrogens is 2. The van der Waals surface area contributed by atoms with Crippen molar-refractivity contribution >= 4 is 21.9 Å². The first-order chi connectivity index (χ1) is 8.97. The molecule has 0 saturated carbocycles. The number of benzene rings is 1. The Bertz CT molecular complexity index is 829. The van der Waals surface area contributed by atoms with Gasteiger partial charge in [0.2, 0.25) is 0 Å². The minimum atomic E-state index is -0.574. The molecule has 0 amide bonds. The van der Waals surface area contributed by atoms with E-state index in [0.717, 1.165) is 16.5 Å². The lowest BCUT2D eigenvalue weighted by Crippen LogP contribution is -2.19. The van der Waals surface area contributed by atoms with Crippen LogP contribution in [0.25, 0.3) is 21.9 Å². The lowest BCUT2D eigenvalue weighted by Gasteiger charge is -2.18. The summed E-state index contributed by atoms with van der Waals surface area (Å²) >= 11 is 0. The first kappa shape index (κ1) is 11.8. The van der Waals surface area contributed by atoms with Crippen LogP contribution in [-0.4, -0.2) is 9.97 Å². The van der Waals surface area contributed by atoms with Crippen molar-refractivity contribution < 1.29 is 4.42 Å². The smallest absolute Gasteiger partial charge is 0.406 e. The largest absolute Gasteiger partial charge is 0.439 e. The van der Waals surface area contributed by atoms with Crippen molar-refractivity contribution in [2.24, 2.45) is 0 Å². The van der Waals surface area contributed by atoms with Crippen molar-refractivity contribution in [3.63, 3.8) is 0 Å². The highest BCUT2D eigenvalue weighted by Crippen LogP contribution is 2.30. The number of nitrogens with zero attached hydrogens (tertiary/aromatic N) is 2. The van der Waals surface area contributed by atoms with Crippen LogP contribution in [0.1, 0.15) is 26.5 Å². The fourth-order valence-corrected chi connectivity index (χ4v) is 2.24. The van der Waals surface area contributed by atoms with Crippen LogP contribution >= 0.6 is 0 Å². The Morgan fingerprint density at radius 1 is 1.16 bits per heavy atom. The SMILES string of the molecule is CC(C)(C)c1nc(=O)oc2c1ccc1cccnc12. The van der Waals surface area contributed by atoms with Crippen molar-refractivity contribution in [3.8, 4) is 0 Å². The van der Waals surface area contributed by atoms with E-state index in [9.17, 15) is 4.79 Å². The van der Waals surface area contributed by atoms with Crippen LogP contribution in [0.15, 0.2) is 39.7 Å². The molecule has 1 aromatic carbocycles. The molecule has 19 heavy (non-hydrogen) atoms. The molecule has 0 bridgehead atoms. The molecule has 0 fully saturated rings. The first-order valence-electron chi connectivity index (χ1n) is 6.16. The topological polar surface area (TPSA) is 56.0 Å². The predicted octanol–water partition coefficient (Wildman–Crippen LogP) is 3.03. The molecule has 0 saturated heterocycles. The Balaban J connectivity index is 2.55. The normalized spacial score (nSPS) is 12.2. The molecule has 96 valence electrons. The second-order valence-corrected chi connectivity index (χ2v) is 5.60. The first-order valence-corrected chi connectivity index (χ1v) is 6.16. The Kier molecular flexibility index (Phi) is 2.42. The Morgan fingerprint density at radius 2 is 1.95 bits per heavy atom. The third-order valence-corrected chi connectivity index (χ3v) is 3.09. The van der Waals surface area contributed by atoms with Crippen LogP contribution in [-0.2, 0) is 5.41 Å². The van der Waals surface area contributed by atoms with E-state index in [0.29, 0.717) is 11.1 Å². The van der Waals surface area contributed by atoms with Crippen LogP contribution in [0, 0.1) is 0 Å². The van der Waals surface area contributed by atoms with Crippen LogP contribution in [0.4, 0.5) is 0 Å². The van der Waals surface area contributed by atoms with Crippen LogP contribution in [0.3, 0.4) is 0 Å². The average Bonchev–Trinajstić information content (AvgIpc) is 2.36. The van der Waals surface area contributed by atoms with Crippen molar-refractivity contribution in [1.29, 1.82) is 0 Å². The fourth-order valence-electron chi connectivity index (χ4n) is 2.24. The van der Waals surface area contributed by atoms with E-state index >= 15 is 0 Å². The van der Waals surface area contributed by atoms with Gasteiger partial charge in [-0.25, -0.2) is 4.79 Å². The maximum absolute atomic E-state index is 11.7. The summed E-state index contributed by atoms with van der Waals surface area (Å²) in [7, 11) is 0. The minimum Gasteiger partial charge on any atom is -0.406 e. The molecule has 0 radical (unpaired) electrons. The van der Waals surface area contributed by atoms with Gasteiger partial charge in [-0.1, -0.05) is 32.9 Å². The van der Waals surface area contributed by atoms with Gasteiger partial charge in [-0.15, -0.1) is 0 Å². The lowest BCUT2D eigenvalue weighted by molar-refractivity contribution is 0.499. The van der Waals surface area contributed by atoms with Gasteiger partial charge in [-0.3, -0.25) is 4.98 Å². The number of pyridine rings is 1.